The summed E-state index contributed by atoms with van der Waals surface area (Å²) in [4.78, 5) is 2.80. The third kappa shape index (κ3) is 4.65. The van der Waals surface area contributed by atoms with Gasteiger partial charge in [0.25, 0.3) is 0 Å². The molecule has 0 spiro atoms. The largest absolute Gasteiger partial charge is 0.496 e. The molecule has 0 saturated carbocycles. The van der Waals surface area contributed by atoms with Gasteiger partial charge in [-0.3, -0.25) is 4.90 Å². The first-order valence-electron chi connectivity index (χ1n) is 10.2. The van der Waals surface area contributed by atoms with Crippen LogP contribution in [0.25, 0.3) is 0 Å². The highest BCUT2D eigenvalue weighted by Crippen LogP contribution is 2.30. The minimum atomic E-state index is -3.55. The quantitative estimate of drug-likeness (QED) is 0.721. The van der Waals surface area contributed by atoms with Crippen molar-refractivity contribution in [3.63, 3.8) is 0 Å². The Hall–Kier alpha value is -1.89. The number of hydrogen-bond donors (Lipinski definition) is 0. The van der Waals surface area contributed by atoms with Crippen LogP contribution in [0.4, 0.5) is 0 Å². The van der Waals surface area contributed by atoms with Crippen LogP contribution in [0.3, 0.4) is 0 Å². The second-order valence-corrected chi connectivity index (χ2v) is 9.99. The molecule has 1 aliphatic rings. The molecule has 1 saturated heterocycles. The number of methoxy groups -OCH3 is 1. The first-order valence-corrected chi connectivity index (χ1v) is 11.6. The van der Waals surface area contributed by atoms with Gasteiger partial charge in [-0.25, -0.2) is 8.42 Å². The molecule has 0 bridgehead atoms. The smallest absolute Gasteiger partial charge is 0.243 e. The van der Waals surface area contributed by atoms with Crippen LogP contribution < -0.4 is 4.74 Å². The molecule has 2 aromatic carbocycles. The average molecular weight is 417 g/mol. The van der Waals surface area contributed by atoms with Crippen molar-refractivity contribution in [3.05, 3.63) is 59.2 Å². The molecule has 1 aliphatic heterocycles. The van der Waals surface area contributed by atoms with Crippen LogP contribution in [-0.4, -0.2) is 56.5 Å². The topological polar surface area (TPSA) is 49.9 Å². The molecule has 2 unspecified atom stereocenters. The lowest BCUT2D eigenvalue weighted by Crippen LogP contribution is -2.58. The SMILES string of the molecule is COc1cc(C)c(S(=O)(=O)N2CC(C)N(CCc3ccccc3)C(C)C2)cc1C. The van der Waals surface area contributed by atoms with Crippen LogP contribution in [0.5, 0.6) is 5.75 Å². The van der Waals surface area contributed by atoms with E-state index in [0.717, 1.165) is 24.1 Å². The van der Waals surface area contributed by atoms with Gasteiger partial charge in [0.15, 0.2) is 0 Å². The van der Waals surface area contributed by atoms with Crippen molar-refractivity contribution in [1.29, 1.82) is 0 Å². The fourth-order valence-corrected chi connectivity index (χ4v) is 6.14. The van der Waals surface area contributed by atoms with E-state index in [2.05, 4.69) is 43.0 Å². The van der Waals surface area contributed by atoms with Crippen molar-refractivity contribution in [2.24, 2.45) is 0 Å². The van der Waals surface area contributed by atoms with E-state index in [0.29, 0.717) is 23.7 Å². The van der Waals surface area contributed by atoms with Crippen LogP contribution in [0, 0.1) is 13.8 Å². The van der Waals surface area contributed by atoms with E-state index in [1.54, 1.807) is 17.5 Å². The molecule has 6 heteroatoms. The summed E-state index contributed by atoms with van der Waals surface area (Å²) in [6.07, 6.45) is 0.971. The van der Waals surface area contributed by atoms with Gasteiger partial charge in [0.05, 0.1) is 12.0 Å². The molecule has 158 valence electrons. The zero-order chi connectivity index (χ0) is 21.2. The normalized spacial score (nSPS) is 21.3. The van der Waals surface area contributed by atoms with Crippen LogP contribution >= 0.6 is 0 Å². The average Bonchev–Trinajstić information content (AvgIpc) is 2.69. The highest BCUT2D eigenvalue weighted by Gasteiger charge is 2.36. The van der Waals surface area contributed by atoms with Gasteiger partial charge in [-0.1, -0.05) is 30.3 Å². The third-order valence-corrected chi connectivity index (χ3v) is 7.85. The third-order valence-electron chi connectivity index (χ3n) is 5.88. The van der Waals surface area contributed by atoms with E-state index in [9.17, 15) is 8.42 Å². The Kier molecular flexibility index (Phi) is 6.66. The Morgan fingerprint density at radius 2 is 1.62 bits per heavy atom. The number of benzene rings is 2. The van der Waals surface area contributed by atoms with Crippen LogP contribution in [-0.2, 0) is 16.4 Å². The van der Waals surface area contributed by atoms with Gasteiger partial charge in [-0.15, -0.1) is 0 Å². The Morgan fingerprint density at radius 1 is 1.00 bits per heavy atom. The summed E-state index contributed by atoms with van der Waals surface area (Å²) >= 11 is 0. The van der Waals surface area contributed by atoms with Gasteiger partial charge < -0.3 is 4.74 Å². The number of piperazine rings is 1. The van der Waals surface area contributed by atoms with Crippen molar-refractivity contribution < 1.29 is 13.2 Å². The Labute approximate surface area is 175 Å². The van der Waals surface area contributed by atoms with E-state index in [4.69, 9.17) is 4.74 Å². The minimum Gasteiger partial charge on any atom is -0.496 e. The number of aryl methyl sites for hydroxylation is 2. The summed E-state index contributed by atoms with van der Waals surface area (Å²) in [7, 11) is -1.94. The lowest BCUT2D eigenvalue weighted by molar-refractivity contribution is 0.0783. The summed E-state index contributed by atoms with van der Waals surface area (Å²) in [6, 6.07) is 14.3. The zero-order valence-corrected chi connectivity index (χ0v) is 18.9. The van der Waals surface area contributed by atoms with E-state index < -0.39 is 10.0 Å². The maximum atomic E-state index is 13.4. The molecule has 2 aromatic rings. The molecule has 1 heterocycles. The summed E-state index contributed by atoms with van der Waals surface area (Å²) in [6.45, 7) is 9.89. The van der Waals surface area contributed by atoms with E-state index >= 15 is 0 Å². The number of ether oxygens (including phenoxy) is 1. The highest BCUT2D eigenvalue weighted by atomic mass is 32.2. The van der Waals surface area contributed by atoms with Crippen molar-refractivity contribution >= 4 is 10.0 Å². The first kappa shape index (κ1) is 21.8. The van der Waals surface area contributed by atoms with E-state index in [-0.39, 0.29) is 12.1 Å². The molecule has 2 atom stereocenters. The lowest BCUT2D eigenvalue weighted by atomic mass is 10.1. The molecule has 5 nitrogen and oxygen atoms in total. The predicted molar refractivity (Wildman–Crippen MR) is 117 cm³/mol. The van der Waals surface area contributed by atoms with Gasteiger partial charge in [-0.05, 0) is 62.9 Å². The van der Waals surface area contributed by atoms with Crippen LogP contribution in [0.15, 0.2) is 47.4 Å². The van der Waals surface area contributed by atoms with Gasteiger partial charge >= 0.3 is 0 Å². The zero-order valence-electron chi connectivity index (χ0n) is 18.1. The van der Waals surface area contributed by atoms with Gasteiger partial charge in [0.1, 0.15) is 5.75 Å². The molecule has 0 amide bonds. The van der Waals surface area contributed by atoms with Crippen LogP contribution in [0.2, 0.25) is 0 Å². The molecular weight excluding hydrogens is 384 g/mol. The number of rotatable bonds is 6. The fraction of sp³-hybridized carbons (Fsp3) is 0.478. The molecule has 0 N–H and O–H groups in total. The molecule has 3 rings (SSSR count). The van der Waals surface area contributed by atoms with Crippen molar-refractivity contribution in [2.75, 3.05) is 26.7 Å². The maximum Gasteiger partial charge on any atom is 0.243 e. The standard InChI is InChI=1S/C23H32N2O3S/c1-17-14-23(18(2)13-22(17)28-5)29(26,27)24-15-19(3)25(20(4)16-24)12-11-21-9-7-6-8-10-21/h6-10,13-14,19-20H,11-12,15-16H2,1-5H3. The number of sulfonamides is 1. The van der Waals surface area contributed by atoms with Crippen molar-refractivity contribution in [3.8, 4) is 5.75 Å². The molecule has 0 aromatic heterocycles. The van der Waals surface area contributed by atoms with E-state index in [1.807, 2.05) is 26.0 Å². The van der Waals surface area contributed by atoms with Crippen molar-refractivity contribution in [1.82, 2.24) is 9.21 Å². The van der Waals surface area contributed by atoms with Gasteiger partial charge in [-0.2, -0.15) is 4.31 Å². The Bertz CT molecular complexity index is 932. The molecular formula is C23H32N2O3S. The Balaban J connectivity index is 1.75. The van der Waals surface area contributed by atoms with E-state index in [1.165, 1.54) is 5.56 Å². The second kappa shape index (κ2) is 8.86. The minimum absolute atomic E-state index is 0.164. The summed E-state index contributed by atoms with van der Waals surface area (Å²) < 4.78 is 33.8. The molecule has 0 aliphatic carbocycles. The summed E-state index contributed by atoms with van der Waals surface area (Å²) in [5.74, 6) is 0.717. The van der Waals surface area contributed by atoms with Gasteiger partial charge in [0.2, 0.25) is 10.0 Å². The maximum absolute atomic E-state index is 13.4. The molecule has 29 heavy (non-hydrogen) atoms. The molecule has 0 radical (unpaired) electrons. The summed E-state index contributed by atoms with van der Waals surface area (Å²) in [5, 5.41) is 0. The lowest BCUT2D eigenvalue weighted by Gasteiger charge is -2.44. The predicted octanol–water partition coefficient (Wildman–Crippen LogP) is 3.64. The van der Waals surface area contributed by atoms with Gasteiger partial charge in [0, 0.05) is 31.7 Å². The Morgan fingerprint density at radius 3 is 2.21 bits per heavy atom. The van der Waals surface area contributed by atoms with Crippen LogP contribution in [0.1, 0.15) is 30.5 Å². The molecule has 1 fully saturated rings. The first-order chi connectivity index (χ1) is 13.7. The van der Waals surface area contributed by atoms with Crippen molar-refractivity contribution in [2.45, 2.75) is 51.1 Å². The summed E-state index contributed by atoms with van der Waals surface area (Å²) in [5.41, 5.74) is 2.87. The monoisotopic (exact) mass is 416 g/mol. The highest BCUT2D eigenvalue weighted by molar-refractivity contribution is 7.89. The second-order valence-electron chi connectivity index (χ2n) is 8.08. The number of nitrogens with zero attached hydrogens (tertiary/aromatic N) is 2. The number of hydrogen-bond acceptors (Lipinski definition) is 4. The fourth-order valence-electron chi connectivity index (χ4n) is 4.25.